The summed E-state index contributed by atoms with van der Waals surface area (Å²) in [5, 5.41) is 5.63. The number of nitrogens with zero attached hydrogens (tertiary/aromatic N) is 1. The van der Waals surface area contributed by atoms with Crippen LogP contribution >= 0.6 is 22.9 Å². The molecule has 8 heteroatoms. The van der Waals surface area contributed by atoms with E-state index in [1.54, 1.807) is 42.0 Å². The number of aromatic nitrogens is 1. The lowest BCUT2D eigenvalue weighted by molar-refractivity contribution is -0.116. The normalized spacial score (nSPS) is 10.6. The summed E-state index contributed by atoms with van der Waals surface area (Å²) in [7, 11) is 0. The Bertz CT molecular complexity index is 1020. The zero-order valence-corrected chi connectivity index (χ0v) is 17.3. The molecule has 0 aliphatic rings. The molecule has 1 amide bonds. The maximum Gasteiger partial charge on any atom is 0.341 e. The van der Waals surface area contributed by atoms with Gasteiger partial charge in [0, 0.05) is 35.1 Å². The van der Waals surface area contributed by atoms with Crippen LogP contribution in [0.4, 0.5) is 5.00 Å². The predicted octanol–water partition coefficient (Wildman–Crippen LogP) is 4.89. The summed E-state index contributed by atoms with van der Waals surface area (Å²) in [4.78, 5) is 36.0. The van der Waals surface area contributed by atoms with Crippen molar-refractivity contribution >= 4 is 46.1 Å². The first-order valence-corrected chi connectivity index (χ1v) is 10.2. The Labute approximate surface area is 177 Å². The van der Waals surface area contributed by atoms with Gasteiger partial charge in [-0.2, -0.15) is 0 Å². The Morgan fingerprint density at radius 2 is 2.00 bits per heavy atom. The van der Waals surface area contributed by atoms with Gasteiger partial charge in [-0.3, -0.25) is 9.59 Å². The van der Waals surface area contributed by atoms with Crippen LogP contribution < -0.4 is 5.32 Å². The van der Waals surface area contributed by atoms with Crippen molar-refractivity contribution in [3.63, 3.8) is 0 Å². The molecule has 0 fully saturated rings. The van der Waals surface area contributed by atoms with E-state index in [1.165, 1.54) is 11.3 Å². The Kier molecular flexibility index (Phi) is 6.85. The molecule has 6 nitrogen and oxygen atoms in total. The van der Waals surface area contributed by atoms with Gasteiger partial charge in [0.05, 0.1) is 12.3 Å². The third-order valence-corrected chi connectivity index (χ3v) is 5.39. The van der Waals surface area contributed by atoms with Crippen molar-refractivity contribution in [2.45, 2.75) is 19.9 Å². The van der Waals surface area contributed by atoms with Gasteiger partial charge in [0.2, 0.25) is 5.91 Å². The molecule has 2 heterocycles. The molecule has 0 atom stereocenters. The van der Waals surface area contributed by atoms with Crippen molar-refractivity contribution in [1.82, 2.24) is 4.57 Å². The summed E-state index contributed by atoms with van der Waals surface area (Å²) < 4.78 is 6.89. The molecule has 1 N–H and O–H groups in total. The first-order chi connectivity index (χ1) is 14.0. The lowest BCUT2D eigenvalue weighted by Crippen LogP contribution is -2.16. The molecule has 150 valence electrons. The van der Waals surface area contributed by atoms with Crippen LogP contribution in [0.5, 0.6) is 0 Å². The van der Waals surface area contributed by atoms with E-state index in [9.17, 15) is 14.4 Å². The molecule has 3 rings (SSSR count). The lowest BCUT2D eigenvalue weighted by Gasteiger charge is -2.10. The van der Waals surface area contributed by atoms with Crippen molar-refractivity contribution in [3.05, 3.63) is 64.3 Å². The molecule has 29 heavy (non-hydrogen) atoms. The number of amides is 1. The number of aldehydes is 1. The molecule has 0 bridgehead atoms. The van der Waals surface area contributed by atoms with E-state index in [-0.39, 0.29) is 18.9 Å². The van der Waals surface area contributed by atoms with Crippen LogP contribution in [0.2, 0.25) is 5.02 Å². The smallest absolute Gasteiger partial charge is 0.341 e. The summed E-state index contributed by atoms with van der Waals surface area (Å²) in [5.74, 6) is -0.756. The van der Waals surface area contributed by atoms with Crippen LogP contribution in [0.25, 0.3) is 11.1 Å². The van der Waals surface area contributed by atoms with Crippen molar-refractivity contribution in [3.8, 4) is 11.1 Å². The molecule has 3 aromatic rings. The third kappa shape index (κ3) is 4.93. The second-order valence-electron chi connectivity index (χ2n) is 6.12. The van der Waals surface area contributed by atoms with Crippen LogP contribution in [0.15, 0.2) is 48.0 Å². The van der Waals surface area contributed by atoms with Gasteiger partial charge in [-0.05, 0) is 36.8 Å². The number of halogens is 1. The van der Waals surface area contributed by atoms with Crippen LogP contribution in [-0.2, 0) is 16.1 Å². The first kappa shape index (κ1) is 20.8. The fraction of sp³-hybridized carbons (Fsp3) is 0.190. The van der Waals surface area contributed by atoms with E-state index in [0.29, 0.717) is 33.4 Å². The van der Waals surface area contributed by atoms with E-state index < -0.39 is 5.97 Å². The van der Waals surface area contributed by atoms with Gasteiger partial charge in [0.25, 0.3) is 0 Å². The number of esters is 1. The number of aryl methyl sites for hydroxylation is 1. The first-order valence-electron chi connectivity index (χ1n) is 8.98. The minimum Gasteiger partial charge on any atom is -0.462 e. The fourth-order valence-electron chi connectivity index (χ4n) is 2.85. The summed E-state index contributed by atoms with van der Waals surface area (Å²) in [5.41, 5.74) is 2.31. The SMILES string of the molecule is CCOC(=O)c1c(-c2ccc(Cl)cc2)csc1NC(=O)CCn1cccc1C=O. The second kappa shape index (κ2) is 9.54. The van der Waals surface area contributed by atoms with Gasteiger partial charge in [-0.1, -0.05) is 23.7 Å². The Hall–Kier alpha value is -2.90. The molecule has 0 spiro atoms. The topological polar surface area (TPSA) is 77.4 Å². The number of nitrogens with one attached hydrogen (secondary N) is 1. The van der Waals surface area contributed by atoms with Crippen LogP contribution in [-0.4, -0.2) is 29.3 Å². The maximum atomic E-state index is 12.6. The third-order valence-electron chi connectivity index (χ3n) is 4.24. The van der Waals surface area contributed by atoms with Crippen molar-refractivity contribution in [1.29, 1.82) is 0 Å². The molecule has 0 aliphatic carbocycles. The highest BCUT2D eigenvalue weighted by Gasteiger charge is 2.22. The van der Waals surface area contributed by atoms with Gasteiger partial charge in [0.15, 0.2) is 6.29 Å². The quantitative estimate of drug-likeness (QED) is 0.407. The molecule has 0 radical (unpaired) electrons. The summed E-state index contributed by atoms with van der Waals surface area (Å²) >= 11 is 7.21. The number of hydrogen-bond donors (Lipinski definition) is 1. The number of rotatable bonds is 8. The van der Waals surface area contributed by atoms with Crippen LogP contribution in [0.1, 0.15) is 34.2 Å². The van der Waals surface area contributed by atoms with Crippen molar-refractivity contribution < 1.29 is 19.1 Å². The zero-order chi connectivity index (χ0) is 20.8. The van der Waals surface area contributed by atoms with Gasteiger partial charge in [0.1, 0.15) is 10.6 Å². The minimum absolute atomic E-state index is 0.159. The Balaban J connectivity index is 1.80. The largest absolute Gasteiger partial charge is 0.462 e. The van der Waals surface area contributed by atoms with Crippen molar-refractivity contribution in [2.75, 3.05) is 11.9 Å². The van der Waals surface area contributed by atoms with E-state index in [2.05, 4.69) is 5.32 Å². The number of hydrogen-bond acceptors (Lipinski definition) is 5. The summed E-state index contributed by atoms with van der Waals surface area (Å²) in [6, 6.07) is 10.5. The van der Waals surface area contributed by atoms with Gasteiger partial charge in [-0.15, -0.1) is 11.3 Å². The molecule has 0 unspecified atom stereocenters. The van der Waals surface area contributed by atoms with E-state index in [4.69, 9.17) is 16.3 Å². The monoisotopic (exact) mass is 430 g/mol. The van der Waals surface area contributed by atoms with Gasteiger partial charge >= 0.3 is 5.97 Å². The second-order valence-corrected chi connectivity index (χ2v) is 7.44. The van der Waals surface area contributed by atoms with E-state index in [1.807, 2.05) is 17.5 Å². The van der Waals surface area contributed by atoms with Gasteiger partial charge in [-0.25, -0.2) is 4.79 Å². The highest BCUT2D eigenvalue weighted by Crippen LogP contribution is 2.36. The number of carbonyl (C=O) groups excluding carboxylic acids is 3. The standard InChI is InChI=1S/C21H19ClN2O4S/c1-2-28-21(27)19-17(14-5-7-15(22)8-6-14)13-29-20(19)23-18(26)9-11-24-10-3-4-16(24)12-25/h3-8,10,12-13H,2,9,11H2,1H3,(H,23,26). The average Bonchev–Trinajstić information content (AvgIpc) is 3.33. The molecule has 0 aliphatic heterocycles. The molecule has 0 saturated heterocycles. The summed E-state index contributed by atoms with van der Waals surface area (Å²) in [6.45, 7) is 2.31. The van der Waals surface area contributed by atoms with Crippen LogP contribution in [0, 0.1) is 0 Å². The number of ether oxygens (including phenoxy) is 1. The van der Waals surface area contributed by atoms with Gasteiger partial charge < -0.3 is 14.6 Å². The molecular formula is C21H19ClN2O4S. The average molecular weight is 431 g/mol. The maximum absolute atomic E-state index is 12.6. The highest BCUT2D eigenvalue weighted by atomic mass is 35.5. The van der Waals surface area contributed by atoms with Crippen LogP contribution in [0.3, 0.4) is 0 Å². The molecule has 1 aromatic carbocycles. The van der Waals surface area contributed by atoms with E-state index in [0.717, 1.165) is 11.8 Å². The zero-order valence-electron chi connectivity index (χ0n) is 15.7. The molecular weight excluding hydrogens is 412 g/mol. The van der Waals surface area contributed by atoms with Crippen molar-refractivity contribution in [2.24, 2.45) is 0 Å². The number of carbonyl (C=O) groups is 3. The molecule has 2 aromatic heterocycles. The number of thiophene rings is 1. The Morgan fingerprint density at radius 1 is 1.24 bits per heavy atom. The minimum atomic E-state index is -0.498. The lowest BCUT2D eigenvalue weighted by atomic mass is 10.0. The number of anilines is 1. The summed E-state index contributed by atoms with van der Waals surface area (Å²) in [6.07, 6.45) is 2.64. The fourth-order valence-corrected chi connectivity index (χ4v) is 3.95. The number of benzene rings is 1. The molecule has 0 saturated carbocycles. The Morgan fingerprint density at radius 3 is 2.69 bits per heavy atom. The highest BCUT2D eigenvalue weighted by molar-refractivity contribution is 7.15. The predicted molar refractivity (Wildman–Crippen MR) is 114 cm³/mol. The van der Waals surface area contributed by atoms with E-state index >= 15 is 0 Å².